The van der Waals surface area contributed by atoms with Gasteiger partial charge in [0.25, 0.3) is 0 Å². The lowest BCUT2D eigenvalue weighted by Gasteiger charge is -2.35. The van der Waals surface area contributed by atoms with Crippen LogP contribution in [-0.2, 0) is 0 Å². The van der Waals surface area contributed by atoms with Gasteiger partial charge in [0.05, 0.1) is 0 Å². The Kier molecular flexibility index (Phi) is 2.91. The number of nitrogens with zero attached hydrogens (tertiary/aromatic N) is 1. The molecule has 0 aromatic heterocycles. The first-order valence-corrected chi connectivity index (χ1v) is 7.17. The minimum atomic E-state index is 0.662. The summed E-state index contributed by atoms with van der Waals surface area (Å²) in [6.07, 6.45) is 3.89. The fourth-order valence-corrected chi connectivity index (χ4v) is 3.68. The molecule has 0 radical (unpaired) electrons. The van der Waals surface area contributed by atoms with Crippen molar-refractivity contribution < 1.29 is 0 Å². The molecule has 2 aliphatic rings. The molecule has 1 saturated carbocycles. The Morgan fingerprint density at radius 3 is 2.88 bits per heavy atom. The molecule has 1 aliphatic heterocycles. The topological polar surface area (TPSA) is 15.3 Å². The van der Waals surface area contributed by atoms with E-state index in [2.05, 4.69) is 58.4 Å². The maximum Gasteiger partial charge on any atom is 0.0379 e. The summed E-state index contributed by atoms with van der Waals surface area (Å²) in [7, 11) is 4.41. The third-order valence-corrected chi connectivity index (χ3v) is 4.80. The van der Waals surface area contributed by atoms with Crippen molar-refractivity contribution in [3.8, 4) is 0 Å². The Morgan fingerprint density at radius 1 is 1.29 bits per heavy atom. The molecule has 1 N–H and O–H groups in total. The molecular formula is C14H19BrN2. The number of benzene rings is 1. The van der Waals surface area contributed by atoms with E-state index in [-0.39, 0.29) is 0 Å². The highest BCUT2D eigenvalue weighted by atomic mass is 79.9. The molecule has 1 aromatic carbocycles. The van der Waals surface area contributed by atoms with E-state index in [0.717, 1.165) is 6.04 Å². The summed E-state index contributed by atoms with van der Waals surface area (Å²) >= 11 is 3.59. The van der Waals surface area contributed by atoms with Crippen LogP contribution in [0, 0.1) is 0 Å². The van der Waals surface area contributed by atoms with Crippen molar-refractivity contribution in [3.63, 3.8) is 0 Å². The summed E-state index contributed by atoms with van der Waals surface area (Å²) < 4.78 is 1.20. The van der Waals surface area contributed by atoms with Crippen molar-refractivity contribution in [3.05, 3.63) is 28.2 Å². The average Bonchev–Trinajstić information content (AvgIpc) is 2.66. The van der Waals surface area contributed by atoms with Crippen LogP contribution in [0.2, 0.25) is 0 Å². The number of fused-ring (bicyclic) bond motifs is 3. The van der Waals surface area contributed by atoms with Crippen LogP contribution in [0.3, 0.4) is 0 Å². The summed E-state index contributed by atoms with van der Waals surface area (Å²) in [4.78, 5) is 2.38. The number of hydrogen-bond donors (Lipinski definition) is 1. The number of hydrogen-bond acceptors (Lipinski definition) is 2. The first-order chi connectivity index (χ1) is 8.15. The lowest BCUT2D eigenvalue weighted by Crippen LogP contribution is -2.38. The maximum atomic E-state index is 3.68. The zero-order valence-electron chi connectivity index (χ0n) is 10.4. The Balaban J connectivity index is 1.89. The van der Waals surface area contributed by atoms with E-state index < -0.39 is 0 Å². The summed E-state index contributed by atoms with van der Waals surface area (Å²) in [5.74, 6) is 0.698. The molecule has 1 fully saturated rings. The third-order valence-electron chi connectivity index (χ3n) is 4.31. The van der Waals surface area contributed by atoms with Crippen molar-refractivity contribution in [2.24, 2.45) is 0 Å². The molecule has 0 saturated heterocycles. The second-order valence-electron chi connectivity index (χ2n) is 5.52. The molecule has 1 aromatic rings. The van der Waals surface area contributed by atoms with Gasteiger partial charge in [0.1, 0.15) is 0 Å². The summed E-state index contributed by atoms with van der Waals surface area (Å²) in [5.41, 5.74) is 2.86. The van der Waals surface area contributed by atoms with Crippen molar-refractivity contribution in [2.45, 2.75) is 37.3 Å². The smallest absolute Gasteiger partial charge is 0.0379 e. The van der Waals surface area contributed by atoms with Gasteiger partial charge < -0.3 is 10.2 Å². The largest absolute Gasteiger partial charge is 0.381 e. The van der Waals surface area contributed by atoms with Gasteiger partial charge >= 0.3 is 0 Å². The number of nitrogens with one attached hydrogen (secondary N) is 1. The van der Waals surface area contributed by atoms with Gasteiger partial charge in [0.15, 0.2) is 0 Å². The Hall–Kier alpha value is -0.540. The van der Waals surface area contributed by atoms with Gasteiger partial charge in [-0.15, -0.1) is 0 Å². The zero-order chi connectivity index (χ0) is 12.0. The average molecular weight is 295 g/mol. The molecule has 92 valence electrons. The summed E-state index contributed by atoms with van der Waals surface area (Å²) in [5, 5.41) is 3.68. The molecule has 3 heteroatoms. The van der Waals surface area contributed by atoms with Crippen molar-refractivity contribution in [1.29, 1.82) is 0 Å². The molecule has 0 spiro atoms. The minimum absolute atomic E-state index is 0.662. The standard InChI is InChI=1S/C14H19BrN2/c1-17(2)10-4-6-14-12(8-10)11-7-9(15)3-5-13(11)16-14/h3,5,7,10,12,14,16H,4,6,8H2,1-2H3/t10-,12-,14-/m1/s1. The third kappa shape index (κ3) is 2.00. The molecule has 1 aliphatic carbocycles. The predicted molar refractivity (Wildman–Crippen MR) is 75.6 cm³/mol. The van der Waals surface area contributed by atoms with Crippen LogP contribution in [0.1, 0.15) is 30.7 Å². The number of halogens is 1. The fourth-order valence-electron chi connectivity index (χ4n) is 3.31. The van der Waals surface area contributed by atoms with Crippen LogP contribution in [0.25, 0.3) is 0 Å². The molecule has 17 heavy (non-hydrogen) atoms. The quantitative estimate of drug-likeness (QED) is 0.854. The van der Waals surface area contributed by atoms with Crippen LogP contribution in [0.15, 0.2) is 22.7 Å². The van der Waals surface area contributed by atoms with Crippen LogP contribution in [0.4, 0.5) is 5.69 Å². The van der Waals surface area contributed by atoms with E-state index in [1.54, 1.807) is 0 Å². The monoisotopic (exact) mass is 294 g/mol. The van der Waals surface area contributed by atoms with Crippen molar-refractivity contribution >= 4 is 21.6 Å². The highest BCUT2D eigenvalue weighted by Crippen LogP contribution is 2.45. The van der Waals surface area contributed by atoms with Crippen molar-refractivity contribution in [1.82, 2.24) is 4.90 Å². The minimum Gasteiger partial charge on any atom is -0.381 e. The first-order valence-electron chi connectivity index (χ1n) is 6.37. The second-order valence-corrected chi connectivity index (χ2v) is 6.44. The molecule has 1 heterocycles. The molecule has 0 bridgehead atoms. The highest BCUT2D eigenvalue weighted by molar-refractivity contribution is 9.10. The summed E-state index contributed by atoms with van der Waals surface area (Å²) in [6, 6.07) is 8.04. The van der Waals surface area contributed by atoms with E-state index in [4.69, 9.17) is 0 Å². The van der Waals surface area contributed by atoms with Gasteiger partial charge in [0, 0.05) is 28.2 Å². The van der Waals surface area contributed by atoms with Crippen molar-refractivity contribution in [2.75, 3.05) is 19.4 Å². The van der Waals surface area contributed by atoms with E-state index in [1.807, 2.05) is 0 Å². The SMILES string of the molecule is CN(C)[C@@H]1CC[C@H]2Nc3ccc(Br)cc3[C@H]2C1. The Morgan fingerprint density at radius 2 is 2.12 bits per heavy atom. The van der Waals surface area contributed by atoms with E-state index in [9.17, 15) is 0 Å². The van der Waals surface area contributed by atoms with Gasteiger partial charge in [-0.05, 0) is 57.1 Å². The van der Waals surface area contributed by atoms with Crippen LogP contribution >= 0.6 is 15.9 Å². The van der Waals surface area contributed by atoms with Gasteiger partial charge in [-0.2, -0.15) is 0 Å². The Bertz CT molecular complexity index is 430. The Labute approximate surface area is 112 Å². The maximum absolute atomic E-state index is 3.68. The van der Waals surface area contributed by atoms with Gasteiger partial charge in [-0.3, -0.25) is 0 Å². The van der Waals surface area contributed by atoms with Gasteiger partial charge in [0.2, 0.25) is 0 Å². The molecule has 3 rings (SSSR count). The first kappa shape index (κ1) is 11.5. The number of rotatable bonds is 1. The highest BCUT2D eigenvalue weighted by Gasteiger charge is 2.37. The molecule has 0 unspecified atom stereocenters. The molecular weight excluding hydrogens is 276 g/mol. The fraction of sp³-hybridized carbons (Fsp3) is 0.571. The summed E-state index contributed by atoms with van der Waals surface area (Å²) in [6.45, 7) is 0. The van der Waals surface area contributed by atoms with E-state index in [1.165, 1.54) is 35.0 Å². The normalized spacial score (nSPS) is 30.9. The van der Waals surface area contributed by atoms with Crippen LogP contribution < -0.4 is 5.32 Å². The molecule has 3 atom stereocenters. The lowest BCUT2D eigenvalue weighted by molar-refractivity contribution is 0.208. The van der Waals surface area contributed by atoms with Gasteiger partial charge in [-0.1, -0.05) is 15.9 Å². The predicted octanol–water partition coefficient (Wildman–Crippen LogP) is 3.44. The lowest BCUT2D eigenvalue weighted by atomic mass is 9.79. The van der Waals surface area contributed by atoms with E-state index in [0.29, 0.717) is 12.0 Å². The zero-order valence-corrected chi connectivity index (χ0v) is 12.0. The molecule has 0 amide bonds. The second kappa shape index (κ2) is 4.29. The van der Waals surface area contributed by atoms with E-state index >= 15 is 0 Å². The van der Waals surface area contributed by atoms with Gasteiger partial charge in [-0.25, -0.2) is 0 Å². The van der Waals surface area contributed by atoms with Crippen LogP contribution in [0.5, 0.6) is 0 Å². The van der Waals surface area contributed by atoms with Crippen LogP contribution in [-0.4, -0.2) is 31.1 Å². The molecule has 2 nitrogen and oxygen atoms in total. The number of anilines is 1.